The van der Waals surface area contributed by atoms with E-state index in [1.165, 1.54) is 28.6 Å². The topological polar surface area (TPSA) is 66.5 Å². The monoisotopic (exact) mass is 456 g/mol. The Hall–Kier alpha value is -3.26. The average molecular weight is 457 g/mol. The SMILES string of the molecule is C[C@@H](NC(=O)c1ccc2c(c1)C[C@H](C)N2S(=O)(=O)c1ccc(F)cc1)c1ccc(F)cc1. The molecular weight excluding hydrogens is 434 g/mol. The lowest BCUT2D eigenvalue weighted by molar-refractivity contribution is 0.0940. The predicted octanol–water partition coefficient (Wildman–Crippen LogP) is 4.60. The summed E-state index contributed by atoms with van der Waals surface area (Å²) in [6, 6.07) is 14.8. The molecule has 166 valence electrons. The minimum Gasteiger partial charge on any atom is -0.346 e. The molecule has 0 aromatic heterocycles. The van der Waals surface area contributed by atoms with Gasteiger partial charge in [0.2, 0.25) is 0 Å². The lowest BCUT2D eigenvalue weighted by Crippen LogP contribution is -2.35. The van der Waals surface area contributed by atoms with Gasteiger partial charge in [-0.05, 0) is 86.0 Å². The van der Waals surface area contributed by atoms with E-state index in [0.717, 1.165) is 23.3 Å². The first-order valence-electron chi connectivity index (χ1n) is 10.2. The van der Waals surface area contributed by atoms with Crippen LogP contribution in [0.3, 0.4) is 0 Å². The minimum absolute atomic E-state index is 0.00791. The summed E-state index contributed by atoms with van der Waals surface area (Å²) < 4.78 is 54.0. The Balaban J connectivity index is 1.57. The zero-order valence-electron chi connectivity index (χ0n) is 17.5. The number of sulfonamides is 1. The second-order valence-electron chi connectivity index (χ2n) is 7.90. The van der Waals surface area contributed by atoms with E-state index >= 15 is 0 Å². The molecule has 0 radical (unpaired) electrons. The predicted molar refractivity (Wildman–Crippen MR) is 118 cm³/mol. The number of hydrogen-bond donors (Lipinski definition) is 1. The molecule has 3 aromatic rings. The van der Waals surface area contributed by atoms with Crippen LogP contribution in [0.25, 0.3) is 0 Å². The lowest BCUT2D eigenvalue weighted by atomic mass is 10.0. The molecule has 0 saturated carbocycles. The number of rotatable bonds is 5. The number of carbonyl (C=O) groups excluding carboxylic acids is 1. The minimum atomic E-state index is -3.87. The summed E-state index contributed by atoms with van der Waals surface area (Å²) in [4.78, 5) is 12.8. The maximum absolute atomic E-state index is 13.2. The van der Waals surface area contributed by atoms with E-state index in [0.29, 0.717) is 17.7 Å². The number of nitrogens with zero attached hydrogens (tertiary/aromatic N) is 1. The highest BCUT2D eigenvalue weighted by atomic mass is 32.2. The van der Waals surface area contributed by atoms with Crippen LogP contribution in [0.1, 0.15) is 41.4 Å². The molecule has 32 heavy (non-hydrogen) atoms. The van der Waals surface area contributed by atoms with Crippen LogP contribution in [0.2, 0.25) is 0 Å². The van der Waals surface area contributed by atoms with E-state index in [1.807, 2.05) is 0 Å². The molecule has 8 heteroatoms. The van der Waals surface area contributed by atoms with Crippen molar-refractivity contribution in [3.05, 3.63) is 95.1 Å². The third-order valence-corrected chi connectivity index (χ3v) is 7.53. The molecule has 1 heterocycles. The Labute approximate surface area is 185 Å². The van der Waals surface area contributed by atoms with Gasteiger partial charge in [0.05, 0.1) is 16.6 Å². The van der Waals surface area contributed by atoms with Crippen LogP contribution in [-0.4, -0.2) is 20.4 Å². The second-order valence-corrected chi connectivity index (χ2v) is 9.71. The van der Waals surface area contributed by atoms with Crippen molar-refractivity contribution in [3.8, 4) is 0 Å². The van der Waals surface area contributed by atoms with E-state index in [4.69, 9.17) is 0 Å². The maximum Gasteiger partial charge on any atom is 0.264 e. The summed E-state index contributed by atoms with van der Waals surface area (Å²) in [6.07, 6.45) is 0.449. The summed E-state index contributed by atoms with van der Waals surface area (Å²) in [5.74, 6) is -1.17. The molecule has 0 bridgehead atoms. The van der Waals surface area contributed by atoms with Crippen molar-refractivity contribution in [1.82, 2.24) is 5.32 Å². The van der Waals surface area contributed by atoms with Gasteiger partial charge in [0.25, 0.3) is 15.9 Å². The fourth-order valence-corrected chi connectivity index (χ4v) is 5.64. The van der Waals surface area contributed by atoms with Gasteiger partial charge in [0.15, 0.2) is 0 Å². The molecule has 1 N–H and O–H groups in total. The van der Waals surface area contributed by atoms with Crippen molar-refractivity contribution in [2.24, 2.45) is 0 Å². The first-order valence-corrected chi connectivity index (χ1v) is 11.6. The van der Waals surface area contributed by atoms with Gasteiger partial charge in [-0.1, -0.05) is 12.1 Å². The van der Waals surface area contributed by atoms with Gasteiger partial charge in [0.1, 0.15) is 11.6 Å². The van der Waals surface area contributed by atoms with Gasteiger partial charge in [-0.25, -0.2) is 17.2 Å². The van der Waals surface area contributed by atoms with E-state index in [2.05, 4.69) is 5.32 Å². The van der Waals surface area contributed by atoms with Gasteiger partial charge < -0.3 is 5.32 Å². The molecular formula is C24H22F2N2O3S. The Kier molecular flexibility index (Phi) is 5.73. The molecule has 2 atom stereocenters. The number of amides is 1. The first kappa shape index (κ1) is 22.0. The van der Waals surface area contributed by atoms with E-state index in [1.54, 1.807) is 44.2 Å². The summed E-state index contributed by atoms with van der Waals surface area (Å²) in [6.45, 7) is 3.59. The van der Waals surface area contributed by atoms with Crippen molar-refractivity contribution < 1.29 is 22.0 Å². The van der Waals surface area contributed by atoms with Crippen LogP contribution in [0.15, 0.2) is 71.6 Å². The Morgan fingerprint density at radius 2 is 1.59 bits per heavy atom. The zero-order chi connectivity index (χ0) is 23.0. The Bertz CT molecular complexity index is 1260. The van der Waals surface area contributed by atoms with Crippen molar-refractivity contribution in [3.63, 3.8) is 0 Å². The number of halogens is 2. The van der Waals surface area contributed by atoms with E-state index in [-0.39, 0.29) is 28.7 Å². The molecule has 1 aliphatic heterocycles. The largest absolute Gasteiger partial charge is 0.346 e. The standard InChI is InChI=1S/C24H22F2N2O3S/c1-15-13-19-14-18(24(29)27-16(2)17-3-6-20(25)7-4-17)5-12-23(19)28(15)32(30,31)22-10-8-21(26)9-11-22/h3-12,14-16H,13H2,1-2H3,(H,27,29)/t15-,16+/m0/s1. The molecule has 5 nitrogen and oxygen atoms in total. The summed E-state index contributed by atoms with van der Waals surface area (Å²) >= 11 is 0. The number of fused-ring (bicyclic) bond motifs is 1. The van der Waals surface area contributed by atoms with Gasteiger partial charge >= 0.3 is 0 Å². The number of anilines is 1. The number of benzene rings is 3. The lowest BCUT2D eigenvalue weighted by Gasteiger charge is -2.24. The van der Waals surface area contributed by atoms with Crippen molar-refractivity contribution in [2.75, 3.05) is 4.31 Å². The quantitative estimate of drug-likeness (QED) is 0.611. The molecule has 0 unspecified atom stereocenters. The van der Waals surface area contributed by atoms with Crippen LogP contribution in [-0.2, 0) is 16.4 Å². The highest BCUT2D eigenvalue weighted by molar-refractivity contribution is 7.92. The zero-order valence-corrected chi connectivity index (χ0v) is 18.4. The van der Waals surface area contributed by atoms with Crippen molar-refractivity contribution in [1.29, 1.82) is 0 Å². The first-order chi connectivity index (χ1) is 15.2. The molecule has 0 aliphatic carbocycles. The molecule has 0 fully saturated rings. The fourth-order valence-electron chi connectivity index (χ4n) is 3.95. The van der Waals surface area contributed by atoms with Crippen molar-refractivity contribution in [2.45, 2.75) is 37.2 Å². The normalized spacial score (nSPS) is 16.5. The van der Waals surface area contributed by atoms with Gasteiger partial charge in [-0.2, -0.15) is 0 Å². The molecule has 1 aliphatic rings. The van der Waals surface area contributed by atoms with Crippen molar-refractivity contribution >= 4 is 21.6 Å². The van der Waals surface area contributed by atoms with Crippen LogP contribution in [0.5, 0.6) is 0 Å². The fraction of sp³-hybridized carbons (Fsp3) is 0.208. The van der Waals surface area contributed by atoms with E-state index in [9.17, 15) is 22.0 Å². The van der Waals surface area contributed by atoms with Gasteiger partial charge in [-0.15, -0.1) is 0 Å². The van der Waals surface area contributed by atoms with Crippen LogP contribution >= 0.6 is 0 Å². The average Bonchev–Trinajstić information content (AvgIpc) is 3.10. The Morgan fingerprint density at radius 1 is 1.00 bits per heavy atom. The van der Waals surface area contributed by atoms with Crippen LogP contribution in [0.4, 0.5) is 14.5 Å². The third kappa shape index (κ3) is 4.10. The van der Waals surface area contributed by atoms with E-state index < -0.39 is 15.8 Å². The molecule has 3 aromatic carbocycles. The molecule has 1 amide bonds. The van der Waals surface area contributed by atoms with Gasteiger partial charge in [0, 0.05) is 11.6 Å². The molecule has 0 spiro atoms. The third-order valence-electron chi connectivity index (χ3n) is 5.58. The summed E-state index contributed by atoms with van der Waals surface area (Å²) in [5, 5.41) is 2.88. The highest BCUT2D eigenvalue weighted by Crippen LogP contribution is 2.37. The maximum atomic E-state index is 13.2. The smallest absolute Gasteiger partial charge is 0.264 e. The van der Waals surface area contributed by atoms with Gasteiger partial charge in [-0.3, -0.25) is 9.10 Å². The molecule has 4 rings (SSSR count). The number of hydrogen-bond acceptors (Lipinski definition) is 3. The number of carbonyl (C=O) groups is 1. The summed E-state index contributed by atoms with van der Waals surface area (Å²) in [5.41, 5.74) is 2.42. The highest BCUT2D eigenvalue weighted by Gasteiger charge is 2.36. The summed E-state index contributed by atoms with van der Waals surface area (Å²) in [7, 11) is -3.87. The molecule has 0 saturated heterocycles. The second kappa shape index (κ2) is 8.35. The number of nitrogens with one attached hydrogen (secondary N) is 1. The van der Waals surface area contributed by atoms with Crippen LogP contribution in [0, 0.1) is 11.6 Å². The Morgan fingerprint density at radius 3 is 2.22 bits per heavy atom. The van der Waals surface area contributed by atoms with Crippen LogP contribution < -0.4 is 9.62 Å².